The maximum Gasteiger partial charge on any atom is 0.410 e. The summed E-state index contributed by atoms with van der Waals surface area (Å²) in [7, 11) is 0. The van der Waals surface area contributed by atoms with Crippen LogP contribution in [0, 0.1) is 5.92 Å². The molecule has 20 heavy (non-hydrogen) atoms. The average molecular weight is 306 g/mol. The molecule has 0 aromatic carbocycles. The number of alkyl halides is 1. The molecule has 1 aliphatic rings. The van der Waals surface area contributed by atoms with Gasteiger partial charge in [-0.05, 0) is 47.5 Å². The van der Waals surface area contributed by atoms with Crippen molar-refractivity contribution in [1.29, 1.82) is 0 Å². The topological polar surface area (TPSA) is 55.8 Å². The van der Waals surface area contributed by atoms with Gasteiger partial charge in [0.15, 0.2) is 6.07 Å². The molecule has 0 bridgehead atoms. The van der Waals surface area contributed by atoms with Gasteiger partial charge in [0, 0.05) is 12.1 Å². The Morgan fingerprint density at radius 2 is 1.70 bits per heavy atom. The van der Waals surface area contributed by atoms with E-state index in [1.54, 1.807) is 4.90 Å². The highest BCUT2D eigenvalue weighted by atomic mass is 35.5. The number of carbonyl (C=O) groups excluding carboxylic acids is 2. The molecular weight excluding hydrogens is 282 g/mol. The molecule has 1 heterocycles. The van der Waals surface area contributed by atoms with Crippen LogP contribution in [-0.4, -0.2) is 40.7 Å². The molecule has 0 saturated carbocycles. The summed E-state index contributed by atoms with van der Waals surface area (Å²) in [5.74, 6) is -0.500. The summed E-state index contributed by atoms with van der Waals surface area (Å²) >= 11 is 5.41. The maximum atomic E-state index is 12.2. The van der Waals surface area contributed by atoms with E-state index in [9.17, 15) is 9.59 Å². The zero-order chi connectivity index (χ0) is 15.5. The maximum absolute atomic E-state index is 12.2. The van der Waals surface area contributed by atoms with Crippen LogP contribution in [0.2, 0.25) is 0 Å². The van der Waals surface area contributed by atoms with Crippen molar-refractivity contribution in [2.45, 2.75) is 65.1 Å². The number of esters is 1. The van der Waals surface area contributed by atoms with Gasteiger partial charge in [0.2, 0.25) is 0 Å². The lowest BCUT2D eigenvalue weighted by molar-refractivity contribution is -0.149. The molecule has 2 atom stereocenters. The molecule has 0 aromatic heterocycles. The highest BCUT2D eigenvalue weighted by Gasteiger charge is 2.39. The first-order chi connectivity index (χ1) is 9.15. The molecule has 1 aliphatic heterocycles. The number of piperidine rings is 1. The Labute approximate surface area is 125 Å². The predicted octanol–water partition coefficient (Wildman–Crippen LogP) is 3.15. The SMILES string of the molecule is CC1CC(C(=O)OCCl)CC(C)N1C(=O)OC(C)(C)C. The van der Waals surface area contributed by atoms with Gasteiger partial charge in [0.1, 0.15) is 5.60 Å². The van der Waals surface area contributed by atoms with E-state index in [1.807, 2.05) is 34.6 Å². The first-order valence-corrected chi connectivity index (χ1v) is 7.43. The van der Waals surface area contributed by atoms with Crippen LogP contribution in [-0.2, 0) is 14.3 Å². The van der Waals surface area contributed by atoms with E-state index in [-0.39, 0.29) is 36.1 Å². The molecule has 6 heteroatoms. The molecular formula is C14H24ClNO4. The van der Waals surface area contributed by atoms with E-state index >= 15 is 0 Å². The molecule has 0 radical (unpaired) electrons. The van der Waals surface area contributed by atoms with E-state index in [0.717, 1.165) is 0 Å². The minimum absolute atomic E-state index is 0.0681. The number of nitrogens with zero attached hydrogens (tertiary/aromatic N) is 1. The average Bonchev–Trinajstić information content (AvgIpc) is 2.25. The summed E-state index contributed by atoms with van der Waals surface area (Å²) < 4.78 is 10.3. The number of ether oxygens (including phenoxy) is 2. The van der Waals surface area contributed by atoms with Gasteiger partial charge in [0.25, 0.3) is 0 Å². The first-order valence-electron chi connectivity index (χ1n) is 6.89. The van der Waals surface area contributed by atoms with E-state index in [4.69, 9.17) is 21.1 Å². The summed E-state index contributed by atoms with van der Waals surface area (Å²) in [5.41, 5.74) is -0.523. The highest BCUT2D eigenvalue weighted by molar-refractivity contribution is 6.17. The standard InChI is InChI=1S/C14H24ClNO4/c1-9-6-11(12(17)19-8-15)7-10(2)16(9)13(18)20-14(3,4)5/h9-11H,6-8H2,1-5H3. The smallest absolute Gasteiger partial charge is 0.410 e. The van der Waals surface area contributed by atoms with Crippen molar-refractivity contribution in [3.05, 3.63) is 0 Å². The second-order valence-corrected chi connectivity index (χ2v) is 6.54. The fraction of sp³-hybridized carbons (Fsp3) is 0.857. The Balaban J connectivity index is 2.70. The minimum Gasteiger partial charge on any atom is -0.449 e. The second kappa shape index (κ2) is 6.66. The van der Waals surface area contributed by atoms with Gasteiger partial charge in [0.05, 0.1) is 5.92 Å². The quantitative estimate of drug-likeness (QED) is 0.581. The molecule has 1 amide bonds. The second-order valence-electron chi connectivity index (χ2n) is 6.33. The molecule has 0 aromatic rings. The molecule has 5 nitrogen and oxygen atoms in total. The number of halogens is 1. The van der Waals surface area contributed by atoms with Gasteiger partial charge >= 0.3 is 12.1 Å². The predicted molar refractivity (Wildman–Crippen MR) is 76.5 cm³/mol. The lowest BCUT2D eigenvalue weighted by atomic mass is 9.87. The van der Waals surface area contributed by atoms with Gasteiger partial charge in [-0.3, -0.25) is 4.79 Å². The fourth-order valence-electron chi connectivity index (χ4n) is 2.62. The lowest BCUT2D eigenvalue weighted by Gasteiger charge is -2.42. The molecule has 0 aliphatic carbocycles. The first kappa shape index (κ1) is 17.1. The van der Waals surface area contributed by atoms with Crippen molar-refractivity contribution in [1.82, 2.24) is 4.90 Å². The van der Waals surface area contributed by atoms with Gasteiger partial charge in [-0.2, -0.15) is 0 Å². The van der Waals surface area contributed by atoms with Crippen molar-refractivity contribution in [2.75, 3.05) is 6.07 Å². The van der Waals surface area contributed by atoms with Gasteiger partial charge in [-0.15, -0.1) is 0 Å². The molecule has 0 N–H and O–H groups in total. The number of rotatable bonds is 2. The van der Waals surface area contributed by atoms with Crippen molar-refractivity contribution in [2.24, 2.45) is 5.92 Å². The zero-order valence-electron chi connectivity index (χ0n) is 12.8. The van der Waals surface area contributed by atoms with Crippen molar-refractivity contribution in [3.63, 3.8) is 0 Å². The number of amides is 1. The Morgan fingerprint density at radius 3 is 2.10 bits per heavy atom. The van der Waals surface area contributed by atoms with E-state index in [0.29, 0.717) is 12.8 Å². The van der Waals surface area contributed by atoms with Crippen LogP contribution >= 0.6 is 11.6 Å². The molecule has 116 valence electrons. The molecule has 1 rings (SSSR count). The molecule has 0 spiro atoms. The van der Waals surface area contributed by atoms with E-state index in [2.05, 4.69) is 0 Å². The number of hydrogen-bond donors (Lipinski definition) is 0. The summed E-state index contributed by atoms with van der Waals surface area (Å²) in [4.78, 5) is 25.7. The summed E-state index contributed by atoms with van der Waals surface area (Å²) in [6.45, 7) is 9.35. The largest absolute Gasteiger partial charge is 0.449 e. The zero-order valence-corrected chi connectivity index (χ0v) is 13.6. The van der Waals surface area contributed by atoms with Crippen molar-refractivity contribution in [3.8, 4) is 0 Å². The van der Waals surface area contributed by atoms with Gasteiger partial charge in [-0.1, -0.05) is 11.6 Å². The summed E-state index contributed by atoms with van der Waals surface area (Å²) in [6, 6.07) is -0.267. The van der Waals surface area contributed by atoms with E-state index in [1.165, 1.54) is 0 Å². The monoisotopic (exact) mass is 305 g/mol. The number of hydrogen-bond acceptors (Lipinski definition) is 4. The van der Waals surface area contributed by atoms with Crippen LogP contribution in [0.25, 0.3) is 0 Å². The Kier molecular flexibility index (Phi) is 5.68. The third-order valence-electron chi connectivity index (χ3n) is 3.34. The Morgan fingerprint density at radius 1 is 1.20 bits per heavy atom. The lowest BCUT2D eigenvalue weighted by Crippen LogP contribution is -2.52. The third-order valence-corrected chi connectivity index (χ3v) is 3.44. The van der Waals surface area contributed by atoms with E-state index < -0.39 is 5.60 Å². The summed E-state index contributed by atoms with van der Waals surface area (Å²) in [5, 5.41) is 0. The van der Waals surface area contributed by atoms with Crippen LogP contribution in [0.5, 0.6) is 0 Å². The number of carbonyl (C=O) groups is 2. The van der Waals surface area contributed by atoms with Gasteiger partial charge < -0.3 is 14.4 Å². The Hall–Kier alpha value is -0.970. The fourth-order valence-corrected chi connectivity index (χ4v) is 2.73. The normalized spacial score (nSPS) is 27.1. The highest BCUT2D eigenvalue weighted by Crippen LogP contribution is 2.30. The van der Waals surface area contributed by atoms with Crippen molar-refractivity contribution < 1.29 is 19.1 Å². The molecule has 1 saturated heterocycles. The van der Waals surface area contributed by atoms with Crippen LogP contribution in [0.4, 0.5) is 4.79 Å². The van der Waals surface area contributed by atoms with Crippen LogP contribution in [0.3, 0.4) is 0 Å². The van der Waals surface area contributed by atoms with Crippen LogP contribution in [0.1, 0.15) is 47.5 Å². The van der Waals surface area contributed by atoms with Crippen LogP contribution in [0.15, 0.2) is 0 Å². The Bertz CT molecular complexity index is 355. The van der Waals surface area contributed by atoms with Crippen LogP contribution < -0.4 is 0 Å². The minimum atomic E-state index is -0.523. The summed E-state index contributed by atoms with van der Waals surface area (Å²) in [6.07, 6.45) is 0.806. The third kappa shape index (κ3) is 4.54. The number of likely N-dealkylation sites (tertiary alicyclic amines) is 1. The molecule has 1 fully saturated rings. The molecule has 2 unspecified atom stereocenters. The van der Waals surface area contributed by atoms with Gasteiger partial charge in [-0.25, -0.2) is 4.79 Å². The van der Waals surface area contributed by atoms with Crippen molar-refractivity contribution >= 4 is 23.7 Å².